The molecule has 8 heavy (non-hydrogen) atoms. The summed E-state index contributed by atoms with van der Waals surface area (Å²) in [5.41, 5.74) is 0. The zero-order valence-corrected chi connectivity index (χ0v) is 4.35. The van der Waals surface area contributed by atoms with Crippen LogP contribution >= 0.6 is 0 Å². The van der Waals surface area contributed by atoms with Gasteiger partial charge in [0.1, 0.15) is 6.04 Å². The van der Waals surface area contributed by atoms with E-state index in [4.69, 9.17) is 5.11 Å². The third kappa shape index (κ3) is 0.962. The van der Waals surface area contributed by atoms with Crippen LogP contribution in [0.25, 0.3) is 0 Å². The molecule has 0 amide bonds. The van der Waals surface area contributed by atoms with Gasteiger partial charge in [0.25, 0.3) is 0 Å². The van der Waals surface area contributed by atoms with Crippen molar-refractivity contribution in [2.24, 2.45) is 0 Å². The molecule has 4 heteroatoms. The summed E-state index contributed by atoms with van der Waals surface area (Å²) in [5, 5.41) is 13.9. The maximum Gasteiger partial charge on any atom is 0.322 e. The first kappa shape index (κ1) is 5.53. The number of nitrogens with one attached hydrogen (secondary N) is 2. The van der Waals surface area contributed by atoms with E-state index in [0.717, 1.165) is 0 Å². The lowest BCUT2D eigenvalue weighted by Crippen LogP contribution is -2.32. The molecule has 1 aliphatic rings. The van der Waals surface area contributed by atoms with Crippen LogP contribution in [0.15, 0.2) is 0 Å². The van der Waals surface area contributed by atoms with Crippen molar-refractivity contribution >= 4 is 5.97 Å². The van der Waals surface area contributed by atoms with E-state index in [1.54, 1.807) is 0 Å². The Hall–Kier alpha value is -0.610. The number of hydrogen-bond donors (Lipinski definition) is 3. The molecule has 1 atom stereocenters. The van der Waals surface area contributed by atoms with E-state index in [9.17, 15) is 4.79 Å². The van der Waals surface area contributed by atoms with Crippen LogP contribution in [0.1, 0.15) is 0 Å². The van der Waals surface area contributed by atoms with Gasteiger partial charge in [0.15, 0.2) is 0 Å². The van der Waals surface area contributed by atoms with E-state index in [1.807, 2.05) is 0 Å². The lowest BCUT2D eigenvalue weighted by molar-refractivity contribution is -0.138. The molecule has 0 spiro atoms. The third-order valence-electron chi connectivity index (χ3n) is 1.12. The molecular weight excluding hydrogens is 108 g/mol. The third-order valence-corrected chi connectivity index (χ3v) is 1.12. The van der Waals surface area contributed by atoms with Crippen LogP contribution in [0.4, 0.5) is 0 Å². The lowest BCUT2D eigenvalue weighted by atomic mass is 10.3. The summed E-state index contributed by atoms with van der Waals surface area (Å²) in [6, 6.07) is -0.380. The van der Waals surface area contributed by atoms with Crippen molar-refractivity contribution in [3.63, 3.8) is 0 Å². The molecule has 0 aromatic carbocycles. The van der Waals surface area contributed by atoms with E-state index in [2.05, 4.69) is 10.6 Å². The molecule has 0 saturated carbocycles. The topological polar surface area (TPSA) is 61.4 Å². The van der Waals surface area contributed by atoms with E-state index < -0.39 is 5.97 Å². The van der Waals surface area contributed by atoms with Gasteiger partial charge in [-0.15, -0.1) is 0 Å². The lowest BCUT2D eigenvalue weighted by Gasteiger charge is -1.98. The van der Waals surface area contributed by atoms with Gasteiger partial charge in [-0.2, -0.15) is 0 Å². The highest BCUT2D eigenvalue weighted by molar-refractivity contribution is 5.74. The van der Waals surface area contributed by atoms with Gasteiger partial charge in [-0.1, -0.05) is 0 Å². The molecule has 1 unspecified atom stereocenters. The van der Waals surface area contributed by atoms with Gasteiger partial charge < -0.3 is 10.4 Å². The summed E-state index contributed by atoms with van der Waals surface area (Å²) in [7, 11) is 0. The Morgan fingerprint density at radius 1 is 1.75 bits per heavy atom. The summed E-state index contributed by atoms with van der Waals surface area (Å²) in [4.78, 5) is 10.1. The van der Waals surface area contributed by atoms with Gasteiger partial charge in [-0.3, -0.25) is 10.1 Å². The van der Waals surface area contributed by atoms with Crippen molar-refractivity contribution < 1.29 is 9.90 Å². The number of aliphatic carboxylic acids is 1. The molecule has 4 nitrogen and oxygen atoms in total. The minimum Gasteiger partial charge on any atom is -0.480 e. The SMILES string of the molecule is O=C(O)C1CNCN1. The monoisotopic (exact) mass is 116 g/mol. The maximum atomic E-state index is 10.1. The number of carbonyl (C=O) groups is 1. The fraction of sp³-hybridized carbons (Fsp3) is 0.750. The standard InChI is InChI=1S/C4H8N2O2/c7-4(8)3-1-5-2-6-3/h3,5-6H,1-2H2,(H,7,8). The highest BCUT2D eigenvalue weighted by Gasteiger charge is 2.19. The highest BCUT2D eigenvalue weighted by Crippen LogP contribution is 1.85. The molecule has 0 bridgehead atoms. The summed E-state index contributed by atoms with van der Waals surface area (Å²) < 4.78 is 0. The van der Waals surface area contributed by atoms with E-state index in [1.165, 1.54) is 0 Å². The predicted molar refractivity (Wildman–Crippen MR) is 27.4 cm³/mol. The molecule has 46 valence electrons. The first-order chi connectivity index (χ1) is 3.80. The van der Waals surface area contributed by atoms with Crippen LogP contribution in [0.3, 0.4) is 0 Å². The normalized spacial score (nSPS) is 28.2. The molecule has 1 fully saturated rings. The smallest absolute Gasteiger partial charge is 0.322 e. The second kappa shape index (κ2) is 2.11. The Morgan fingerprint density at radius 2 is 2.50 bits per heavy atom. The van der Waals surface area contributed by atoms with Gasteiger partial charge in [0.2, 0.25) is 0 Å². The molecule has 0 radical (unpaired) electrons. The fourth-order valence-corrected chi connectivity index (χ4v) is 0.659. The second-order valence-corrected chi connectivity index (χ2v) is 1.73. The Labute approximate surface area is 46.9 Å². The fourth-order valence-electron chi connectivity index (χ4n) is 0.659. The molecule has 3 N–H and O–H groups in total. The van der Waals surface area contributed by atoms with Crippen LogP contribution in [0, 0.1) is 0 Å². The van der Waals surface area contributed by atoms with E-state index >= 15 is 0 Å². The summed E-state index contributed by atoms with van der Waals surface area (Å²) in [6.45, 7) is 1.15. The van der Waals surface area contributed by atoms with Crippen molar-refractivity contribution in [1.82, 2.24) is 10.6 Å². The molecule has 0 aliphatic carbocycles. The van der Waals surface area contributed by atoms with Crippen LogP contribution in [-0.4, -0.2) is 30.3 Å². The van der Waals surface area contributed by atoms with Crippen LogP contribution in [-0.2, 0) is 4.79 Å². The molecular formula is C4H8N2O2. The van der Waals surface area contributed by atoms with Gasteiger partial charge in [-0.05, 0) is 0 Å². The molecule has 1 saturated heterocycles. The van der Waals surface area contributed by atoms with E-state index in [0.29, 0.717) is 13.2 Å². The Morgan fingerprint density at radius 3 is 2.75 bits per heavy atom. The summed E-state index contributed by atoms with van der Waals surface area (Å²) in [5.74, 6) is -0.782. The van der Waals surface area contributed by atoms with Gasteiger partial charge >= 0.3 is 5.97 Å². The quantitative estimate of drug-likeness (QED) is 0.394. The van der Waals surface area contributed by atoms with Crippen molar-refractivity contribution in [1.29, 1.82) is 0 Å². The summed E-state index contributed by atoms with van der Waals surface area (Å²) in [6.07, 6.45) is 0. The zero-order valence-electron chi connectivity index (χ0n) is 4.35. The number of carboxylic acid groups (broad SMARTS) is 1. The Kier molecular flexibility index (Phi) is 1.45. The highest BCUT2D eigenvalue weighted by atomic mass is 16.4. The molecule has 1 rings (SSSR count). The second-order valence-electron chi connectivity index (χ2n) is 1.73. The zero-order chi connectivity index (χ0) is 5.98. The summed E-state index contributed by atoms with van der Waals surface area (Å²) >= 11 is 0. The minimum absolute atomic E-state index is 0.380. The van der Waals surface area contributed by atoms with Crippen LogP contribution in [0.5, 0.6) is 0 Å². The van der Waals surface area contributed by atoms with Crippen LogP contribution in [0.2, 0.25) is 0 Å². The van der Waals surface area contributed by atoms with Gasteiger partial charge in [-0.25, -0.2) is 0 Å². The minimum atomic E-state index is -0.782. The largest absolute Gasteiger partial charge is 0.480 e. The molecule has 1 aliphatic heterocycles. The average Bonchev–Trinajstić information content (AvgIpc) is 2.12. The Balaban J connectivity index is 2.35. The van der Waals surface area contributed by atoms with Crippen LogP contribution < -0.4 is 10.6 Å². The predicted octanol–water partition coefficient (Wildman–Crippen LogP) is -1.41. The molecule has 0 aromatic heterocycles. The number of rotatable bonds is 1. The first-order valence-electron chi connectivity index (χ1n) is 2.47. The van der Waals surface area contributed by atoms with Crippen molar-refractivity contribution in [3.05, 3.63) is 0 Å². The first-order valence-corrected chi connectivity index (χ1v) is 2.47. The van der Waals surface area contributed by atoms with Crippen molar-refractivity contribution in [3.8, 4) is 0 Å². The number of hydrogen-bond acceptors (Lipinski definition) is 3. The molecule has 0 aromatic rings. The van der Waals surface area contributed by atoms with Crippen molar-refractivity contribution in [2.75, 3.05) is 13.2 Å². The van der Waals surface area contributed by atoms with E-state index in [-0.39, 0.29) is 6.04 Å². The van der Waals surface area contributed by atoms with Gasteiger partial charge in [0, 0.05) is 13.2 Å². The maximum absolute atomic E-state index is 10.1. The Bertz CT molecular complexity index is 98.2. The van der Waals surface area contributed by atoms with Gasteiger partial charge in [0.05, 0.1) is 0 Å². The number of carboxylic acids is 1. The molecule has 1 heterocycles. The average molecular weight is 116 g/mol. The van der Waals surface area contributed by atoms with Crippen molar-refractivity contribution in [2.45, 2.75) is 6.04 Å².